The topological polar surface area (TPSA) is 53.5 Å². The Morgan fingerprint density at radius 3 is 3.04 bits per heavy atom. The highest BCUT2D eigenvalue weighted by Crippen LogP contribution is 2.40. The molecule has 1 atom stereocenters. The Morgan fingerprint density at radius 2 is 2.08 bits per heavy atom. The molecule has 0 N–H and O–H groups in total. The molecule has 2 aromatic heterocycles. The first kappa shape index (κ1) is 14.0. The fourth-order valence-electron chi connectivity index (χ4n) is 3.33. The van der Waals surface area contributed by atoms with Crippen LogP contribution in [0.15, 0.2) is 30.6 Å². The van der Waals surface area contributed by atoms with Crippen molar-refractivity contribution in [1.29, 1.82) is 0 Å². The van der Waals surface area contributed by atoms with E-state index in [1.165, 1.54) is 16.9 Å². The lowest BCUT2D eigenvalue weighted by atomic mass is 10.2. The Bertz CT molecular complexity index is 908. The molecule has 1 aliphatic heterocycles. The molecule has 0 spiro atoms. The van der Waals surface area contributed by atoms with E-state index in [0.29, 0.717) is 19.1 Å². The predicted molar refractivity (Wildman–Crippen MR) is 91.3 cm³/mol. The first-order valence-corrected chi connectivity index (χ1v) is 8.96. The van der Waals surface area contributed by atoms with Crippen molar-refractivity contribution in [2.45, 2.75) is 25.4 Å². The van der Waals surface area contributed by atoms with Crippen molar-refractivity contribution in [2.75, 3.05) is 13.2 Å². The van der Waals surface area contributed by atoms with Gasteiger partial charge in [0.1, 0.15) is 24.4 Å². The Hall–Kier alpha value is -2.34. The van der Waals surface area contributed by atoms with Crippen LogP contribution in [0.5, 0.6) is 17.4 Å². The van der Waals surface area contributed by atoms with E-state index in [1.807, 2.05) is 24.3 Å². The summed E-state index contributed by atoms with van der Waals surface area (Å²) in [6.45, 7) is 0.887. The van der Waals surface area contributed by atoms with Crippen molar-refractivity contribution in [2.24, 2.45) is 0 Å². The molecular weight excluding hydrogens is 324 g/mol. The molecule has 5 rings (SSSR count). The van der Waals surface area contributed by atoms with Gasteiger partial charge in [-0.1, -0.05) is 12.1 Å². The van der Waals surface area contributed by atoms with E-state index >= 15 is 0 Å². The summed E-state index contributed by atoms with van der Waals surface area (Å²) in [6, 6.07) is 7.70. The van der Waals surface area contributed by atoms with Crippen molar-refractivity contribution in [3.8, 4) is 17.4 Å². The number of fused-ring (bicyclic) bond motifs is 4. The largest absolute Gasteiger partial charge is 0.486 e. The lowest BCUT2D eigenvalue weighted by Gasteiger charge is -2.26. The smallest absolute Gasteiger partial charge is 0.225 e. The van der Waals surface area contributed by atoms with Gasteiger partial charge >= 0.3 is 0 Å². The average molecular weight is 340 g/mol. The van der Waals surface area contributed by atoms with Crippen LogP contribution in [0.25, 0.3) is 10.2 Å². The van der Waals surface area contributed by atoms with Gasteiger partial charge in [-0.3, -0.25) is 0 Å². The van der Waals surface area contributed by atoms with Gasteiger partial charge in [-0.15, -0.1) is 11.3 Å². The number of benzene rings is 1. The molecule has 3 aromatic rings. The van der Waals surface area contributed by atoms with E-state index in [0.717, 1.165) is 34.6 Å². The summed E-state index contributed by atoms with van der Waals surface area (Å²) in [4.78, 5) is 11.2. The first-order chi connectivity index (χ1) is 11.9. The fourth-order valence-corrected chi connectivity index (χ4v) is 4.55. The van der Waals surface area contributed by atoms with E-state index in [-0.39, 0.29) is 6.10 Å². The van der Waals surface area contributed by atoms with Crippen LogP contribution < -0.4 is 14.2 Å². The number of para-hydroxylation sites is 2. The molecule has 24 heavy (non-hydrogen) atoms. The van der Waals surface area contributed by atoms with Gasteiger partial charge in [-0.05, 0) is 37.0 Å². The number of thiophene rings is 1. The van der Waals surface area contributed by atoms with Gasteiger partial charge in [0.2, 0.25) is 5.88 Å². The second-order valence-corrected chi connectivity index (χ2v) is 7.11. The lowest BCUT2D eigenvalue weighted by Crippen LogP contribution is -2.34. The fraction of sp³-hybridized carbons (Fsp3) is 0.333. The van der Waals surface area contributed by atoms with E-state index < -0.39 is 0 Å². The molecule has 1 aliphatic carbocycles. The third kappa shape index (κ3) is 2.29. The van der Waals surface area contributed by atoms with Crippen LogP contribution >= 0.6 is 11.3 Å². The summed E-state index contributed by atoms with van der Waals surface area (Å²) in [5, 5.41) is 1.09. The van der Waals surface area contributed by atoms with Crippen LogP contribution in [0, 0.1) is 0 Å². The van der Waals surface area contributed by atoms with Crippen molar-refractivity contribution < 1.29 is 14.2 Å². The molecule has 3 heterocycles. The number of rotatable bonds is 3. The van der Waals surface area contributed by atoms with E-state index in [1.54, 1.807) is 17.7 Å². The zero-order chi connectivity index (χ0) is 15.9. The second-order valence-electron chi connectivity index (χ2n) is 6.02. The quantitative estimate of drug-likeness (QED) is 0.731. The maximum absolute atomic E-state index is 6.01. The molecule has 122 valence electrons. The van der Waals surface area contributed by atoms with E-state index in [2.05, 4.69) is 9.97 Å². The van der Waals surface area contributed by atoms with Gasteiger partial charge in [0.15, 0.2) is 17.6 Å². The molecule has 2 aliphatic rings. The molecule has 0 fully saturated rings. The summed E-state index contributed by atoms with van der Waals surface area (Å²) in [7, 11) is 0. The number of aryl methyl sites for hydroxylation is 2. The molecular formula is C18H16N2O3S. The first-order valence-electron chi connectivity index (χ1n) is 8.15. The Balaban J connectivity index is 1.37. The molecule has 0 amide bonds. The molecule has 0 saturated carbocycles. The van der Waals surface area contributed by atoms with Crippen LogP contribution in [0.3, 0.4) is 0 Å². The Labute approximate surface area is 143 Å². The normalized spacial score (nSPS) is 18.6. The summed E-state index contributed by atoms with van der Waals surface area (Å²) in [6.07, 6.45) is 4.89. The van der Waals surface area contributed by atoms with E-state index in [4.69, 9.17) is 14.2 Å². The number of nitrogens with zero attached hydrogens (tertiary/aromatic N) is 2. The highest BCUT2D eigenvalue weighted by Gasteiger charge is 2.24. The summed E-state index contributed by atoms with van der Waals surface area (Å²) < 4.78 is 17.7. The van der Waals surface area contributed by atoms with Gasteiger partial charge in [0, 0.05) is 4.88 Å². The molecule has 0 radical (unpaired) electrons. The third-order valence-electron chi connectivity index (χ3n) is 4.44. The van der Waals surface area contributed by atoms with Crippen molar-refractivity contribution in [1.82, 2.24) is 9.97 Å². The SMILES string of the molecule is c1ccc2c(c1)OC[C@H](COc1ncnc3sc4c(c13)CCC4)O2. The minimum absolute atomic E-state index is 0.142. The minimum atomic E-state index is -0.142. The van der Waals surface area contributed by atoms with Crippen molar-refractivity contribution in [3.05, 3.63) is 41.0 Å². The molecule has 0 unspecified atom stereocenters. The van der Waals surface area contributed by atoms with Crippen LogP contribution in [0.1, 0.15) is 16.9 Å². The summed E-state index contributed by atoms with van der Waals surface area (Å²) in [5.74, 6) is 2.22. The van der Waals surface area contributed by atoms with Gasteiger partial charge in [0.25, 0.3) is 0 Å². The van der Waals surface area contributed by atoms with Crippen LogP contribution in [0.4, 0.5) is 0 Å². The van der Waals surface area contributed by atoms with Gasteiger partial charge in [-0.25, -0.2) is 9.97 Å². The summed E-state index contributed by atoms with van der Waals surface area (Å²) >= 11 is 1.77. The van der Waals surface area contributed by atoms with Gasteiger partial charge in [-0.2, -0.15) is 0 Å². The monoisotopic (exact) mass is 340 g/mol. The molecule has 6 heteroatoms. The van der Waals surface area contributed by atoms with E-state index in [9.17, 15) is 0 Å². The highest BCUT2D eigenvalue weighted by atomic mass is 32.1. The standard InChI is InChI=1S/C18H16N2O3S/c1-2-6-14-13(5-1)21-8-11(23-14)9-22-17-16-12-4-3-7-15(12)24-18(16)20-10-19-17/h1-2,5-6,10-11H,3-4,7-9H2/t11-/m1/s1. The zero-order valence-corrected chi connectivity index (χ0v) is 13.8. The number of aromatic nitrogens is 2. The molecule has 5 nitrogen and oxygen atoms in total. The highest BCUT2D eigenvalue weighted by molar-refractivity contribution is 7.18. The minimum Gasteiger partial charge on any atom is -0.486 e. The average Bonchev–Trinajstić information content (AvgIpc) is 3.20. The number of hydrogen-bond donors (Lipinski definition) is 0. The van der Waals surface area contributed by atoms with Crippen LogP contribution in [-0.4, -0.2) is 29.3 Å². The Kier molecular flexibility index (Phi) is 3.29. The lowest BCUT2D eigenvalue weighted by molar-refractivity contribution is 0.0526. The van der Waals surface area contributed by atoms with Gasteiger partial charge < -0.3 is 14.2 Å². The molecule has 0 saturated heterocycles. The second kappa shape index (κ2) is 5.63. The molecule has 0 bridgehead atoms. The molecule has 1 aromatic carbocycles. The predicted octanol–water partition coefficient (Wildman–Crippen LogP) is 3.40. The third-order valence-corrected chi connectivity index (χ3v) is 5.64. The van der Waals surface area contributed by atoms with Crippen molar-refractivity contribution >= 4 is 21.6 Å². The van der Waals surface area contributed by atoms with Crippen molar-refractivity contribution in [3.63, 3.8) is 0 Å². The zero-order valence-electron chi connectivity index (χ0n) is 13.0. The maximum Gasteiger partial charge on any atom is 0.225 e. The summed E-state index contributed by atoms with van der Waals surface area (Å²) in [5.41, 5.74) is 1.37. The van der Waals surface area contributed by atoms with Gasteiger partial charge in [0.05, 0.1) is 5.39 Å². The van der Waals surface area contributed by atoms with Crippen LogP contribution in [0.2, 0.25) is 0 Å². The van der Waals surface area contributed by atoms with Crippen LogP contribution in [-0.2, 0) is 12.8 Å². The number of hydrogen-bond acceptors (Lipinski definition) is 6. The number of ether oxygens (including phenoxy) is 3. The Morgan fingerprint density at radius 1 is 1.17 bits per heavy atom. The maximum atomic E-state index is 6.01.